The van der Waals surface area contributed by atoms with Gasteiger partial charge >= 0.3 is 5.97 Å². The van der Waals surface area contributed by atoms with Crippen LogP contribution >= 0.6 is 0 Å². The molecule has 0 aromatic rings. The van der Waals surface area contributed by atoms with Gasteiger partial charge in [-0.2, -0.15) is 0 Å². The van der Waals surface area contributed by atoms with Crippen molar-refractivity contribution in [2.45, 2.75) is 51.1 Å². The van der Waals surface area contributed by atoms with Crippen LogP contribution < -0.4 is 0 Å². The molecule has 0 aromatic carbocycles. The van der Waals surface area contributed by atoms with Crippen molar-refractivity contribution in [3.63, 3.8) is 0 Å². The molecule has 2 saturated heterocycles. The molecule has 2 aliphatic heterocycles. The Morgan fingerprint density at radius 2 is 2.33 bits per heavy atom. The van der Waals surface area contributed by atoms with E-state index in [0.717, 1.165) is 19.3 Å². The van der Waals surface area contributed by atoms with E-state index in [1.54, 1.807) is 0 Å². The second-order valence-electron chi connectivity index (χ2n) is 5.10. The fraction of sp³-hybridized carbons (Fsp3) is 0.917. The zero-order chi connectivity index (χ0) is 11.1. The predicted octanol–water partition coefficient (Wildman–Crippen LogP) is 1.81. The van der Waals surface area contributed by atoms with Crippen LogP contribution in [0.4, 0.5) is 0 Å². The van der Waals surface area contributed by atoms with Crippen molar-refractivity contribution < 1.29 is 9.53 Å². The molecule has 2 rings (SSSR count). The molecule has 0 N–H and O–H groups in total. The molecule has 86 valence electrons. The number of piperidine rings is 1. The van der Waals surface area contributed by atoms with E-state index in [9.17, 15) is 4.79 Å². The Labute approximate surface area is 91.8 Å². The molecule has 3 heteroatoms. The van der Waals surface area contributed by atoms with E-state index in [1.807, 2.05) is 6.92 Å². The number of rotatable bonds is 2. The maximum Gasteiger partial charge on any atom is 0.326 e. The fourth-order valence-electron chi connectivity index (χ4n) is 3.37. The van der Waals surface area contributed by atoms with Crippen LogP contribution in [0.25, 0.3) is 0 Å². The van der Waals surface area contributed by atoms with Crippen LogP contribution in [0.2, 0.25) is 0 Å². The van der Waals surface area contributed by atoms with Gasteiger partial charge in [-0.25, -0.2) is 0 Å². The summed E-state index contributed by atoms with van der Waals surface area (Å²) in [7, 11) is 2.08. The average Bonchev–Trinajstić information content (AvgIpc) is 2.41. The van der Waals surface area contributed by atoms with Crippen LogP contribution in [0.15, 0.2) is 0 Å². The molecule has 0 amide bonds. The Bertz CT molecular complexity index is 266. The summed E-state index contributed by atoms with van der Waals surface area (Å²) in [4.78, 5) is 14.3. The number of carbonyl (C=O) groups is 1. The number of hydrogen-bond donors (Lipinski definition) is 0. The van der Waals surface area contributed by atoms with Gasteiger partial charge in [-0.3, -0.25) is 9.69 Å². The van der Waals surface area contributed by atoms with Crippen molar-refractivity contribution in [3.05, 3.63) is 0 Å². The normalized spacial score (nSPS) is 40.5. The summed E-state index contributed by atoms with van der Waals surface area (Å²) in [5.74, 6) is 0.652. The molecule has 0 aliphatic carbocycles. The minimum Gasteiger partial charge on any atom is -0.465 e. The number of fused-ring (bicyclic) bond motifs is 2. The van der Waals surface area contributed by atoms with Crippen LogP contribution in [0, 0.1) is 5.92 Å². The molecule has 0 radical (unpaired) electrons. The third-order valence-corrected chi connectivity index (χ3v) is 4.13. The Kier molecular flexibility index (Phi) is 2.75. The summed E-state index contributed by atoms with van der Waals surface area (Å²) in [5, 5.41) is 0. The van der Waals surface area contributed by atoms with Gasteiger partial charge in [0.05, 0.1) is 6.61 Å². The van der Waals surface area contributed by atoms with Crippen molar-refractivity contribution >= 4 is 5.97 Å². The predicted molar refractivity (Wildman–Crippen MR) is 58.5 cm³/mol. The summed E-state index contributed by atoms with van der Waals surface area (Å²) >= 11 is 0. The van der Waals surface area contributed by atoms with Crippen LogP contribution in [0.5, 0.6) is 0 Å². The third-order valence-electron chi connectivity index (χ3n) is 4.13. The van der Waals surface area contributed by atoms with Crippen LogP contribution in [-0.4, -0.2) is 36.1 Å². The van der Waals surface area contributed by atoms with Gasteiger partial charge in [0.15, 0.2) is 0 Å². The number of esters is 1. The summed E-state index contributed by atoms with van der Waals surface area (Å²) in [6, 6.07) is 0.596. The van der Waals surface area contributed by atoms with Gasteiger partial charge in [-0.1, -0.05) is 6.92 Å². The molecule has 3 atom stereocenters. The van der Waals surface area contributed by atoms with Crippen molar-refractivity contribution in [1.29, 1.82) is 0 Å². The first kappa shape index (κ1) is 10.9. The van der Waals surface area contributed by atoms with Gasteiger partial charge in [-0.15, -0.1) is 0 Å². The van der Waals surface area contributed by atoms with Gasteiger partial charge < -0.3 is 4.74 Å². The molecule has 2 fully saturated rings. The largest absolute Gasteiger partial charge is 0.465 e. The topological polar surface area (TPSA) is 29.5 Å². The zero-order valence-corrected chi connectivity index (χ0v) is 9.95. The lowest BCUT2D eigenvalue weighted by atomic mass is 9.83. The van der Waals surface area contributed by atoms with Crippen LogP contribution in [0.1, 0.15) is 39.5 Å². The maximum atomic E-state index is 12.1. The maximum absolute atomic E-state index is 12.1. The monoisotopic (exact) mass is 211 g/mol. The summed E-state index contributed by atoms with van der Waals surface area (Å²) in [5.41, 5.74) is -0.293. The van der Waals surface area contributed by atoms with Gasteiger partial charge in [0, 0.05) is 6.04 Å². The van der Waals surface area contributed by atoms with Crippen LogP contribution in [0.3, 0.4) is 0 Å². The molecule has 0 saturated carbocycles. The molecule has 2 bridgehead atoms. The van der Waals surface area contributed by atoms with Gasteiger partial charge in [0.2, 0.25) is 0 Å². The fourth-order valence-corrected chi connectivity index (χ4v) is 3.37. The first-order valence-corrected chi connectivity index (χ1v) is 6.00. The highest BCUT2D eigenvalue weighted by atomic mass is 16.5. The number of ether oxygens (including phenoxy) is 1. The Hall–Kier alpha value is -0.570. The van der Waals surface area contributed by atoms with E-state index in [4.69, 9.17) is 4.74 Å². The quantitative estimate of drug-likeness (QED) is 0.652. The molecule has 2 heterocycles. The Morgan fingerprint density at radius 3 is 3.00 bits per heavy atom. The van der Waals surface area contributed by atoms with Crippen molar-refractivity contribution in [2.75, 3.05) is 13.7 Å². The van der Waals surface area contributed by atoms with Gasteiger partial charge in [0.1, 0.15) is 5.54 Å². The second-order valence-corrected chi connectivity index (χ2v) is 5.10. The zero-order valence-electron chi connectivity index (χ0n) is 9.95. The molecular weight excluding hydrogens is 190 g/mol. The lowest BCUT2D eigenvalue weighted by Gasteiger charge is -2.42. The first-order chi connectivity index (χ1) is 7.10. The SMILES string of the molecule is CCOC(=O)C12CCC(CC(C)C1)N2C. The highest BCUT2D eigenvalue weighted by Gasteiger charge is 2.54. The Morgan fingerprint density at radius 1 is 1.60 bits per heavy atom. The smallest absolute Gasteiger partial charge is 0.326 e. The van der Waals surface area contributed by atoms with Gasteiger partial charge in [-0.05, 0) is 45.6 Å². The van der Waals surface area contributed by atoms with E-state index < -0.39 is 0 Å². The van der Waals surface area contributed by atoms with Crippen molar-refractivity contribution in [3.8, 4) is 0 Å². The number of carbonyl (C=O) groups excluding carboxylic acids is 1. The summed E-state index contributed by atoms with van der Waals surface area (Å²) in [6.07, 6.45) is 4.34. The van der Waals surface area contributed by atoms with E-state index >= 15 is 0 Å². The Balaban J connectivity index is 2.21. The number of hydrogen-bond acceptors (Lipinski definition) is 3. The van der Waals surface area contributed by atoms with E-state index in [1.165, 1.54) is 6.42 Å². The first-order valence-electron chi connectivity index (χ1n) is 6.00. The highest BCUT2D eigenvalue weighted by Crippen LogP contribution is 2.45. The van der Waals surface area contributed by atoms with E-state index in [0.29, 0.717) is 18.6 Å². The summed E-state index contributed by atoms with van der Waals surface area (Å²) < 4.78 is 5.24. The molecule has 3 nitrogen and oxygen atoms in total. The minimum absolute atomic E-state index is 0.00144. The lowest BCUT2D eigenvalue weighted by Crippen LogP contribution is -2.55. The average molecular weight is 211 g/mol. The second kappa shape index (κ2) is 3.78. The van der Waals surface area contributed by atoms with E-state index in [-0.39, 0.29) is 11.5 Å². The molecule has 0 aromatic heterocycles. The minimum atomic E-state index is -0.293. The highest BCUT2D eigenvalue weighted by molar-refractivity contribution is 5.81. The standard InChI is InChI=1S/C12H21NO2/c1-4-15-11(14)12-6-5-10(13(12)3)7-9(2)8-12/h9-10H,4-8H2,1-3H3. The number of likely N-dealkylation sites (N-methyl/N-ethyl adjacent to an activating group) is 1. The lowest BCUT2D eigenvalue weighted by molar-refractivity contribution is -0.159. The molecule has 15 heavy (non-hydrogen) atoms. The van der Waals surface area contributed by atoms with Crippen LogP contribution in [-0.2, 0) is 9.53 Å². The number of nitrogens with zero attached hydrogens (tertiary/aromatic N) is 1. The summed E-state index contributed by atoms with van der Waals surface area (Å²) in [6.45, 7) is 4.62. The van der Waals surface area contributed by atoms with Gasteiger partial charge in [0.25, 0.3) is 0 Å². The molecule has 2 aliphatic rings. The van der Waals surface area contributed by atoms with Crippen molar-refractivity contribution in [2.24, 2.45) is 5.92 Å². The molecular formula is C12H21NO2. The van der Waals surface area contributed by atoms with Crippen molar-refractivity contribution in [1.82, 2.24) is 4.90 Å². The molecule has 3 unspecified atom stereocenters. The van der Waals surface area contributed by atoms with E-state index in [2.05, 4.69) is 18.9 Å². The third kappa shape index (κ3) is 1.57. The molecule has 0 spiro atoms.